The van der Waals surface area contributed by atoms with Crippen LogP contribution in [0.2, 0.25) is 0 Å². The number of amides is 1. The van der Waals surface area contributed by atoms with Crippen LogP contribution in [0.1, 0.15) is 48.5 Å². The van der Waals surface area contributed by atoms with E-state index in [-0.39, 0.29) is 6.09 Å². The predicted octanol–water partition coefficient (Wildman–Crippen LogP) is 5.08. The minimum absolute atomic E-state index is 0.376. The average Bonchev–Trinajstić information content (AvgIpc) is 2.29. The highest BCUT2D eigenvalue weighted by Gasteiger charge is 2.23. The Morgan fingerprint density at radius 2 is 1.83 bits per heavy atom. The number of likely N-dealkylation sites (N-methyl/N-ethyl adjacent to an activating group) is 1. The zero-order chi connectivity index (χ0) is 14.9. The Balaban J connectivity index is 0. The van der Waals surface area contributed by atoms with E-state index in [1.807, 2.05) is 54.5 Å². The number of allylic oxidation sites excluding steroid dienone is 2. The topological polar surface area (TPSA) is 29.5 Å². The summed E-state index contributed by atoms with van der Waals surface area (Å²) in [5.41, 5.74) is 0.118. The number of nitrogens with zero attached hydrogens (tertiary/aromatic N) is 1. The summed E-state index contributed by atoms with van der Waals surface area (Å²) >= 11 is 3.34. The summed E-state index contributed by atoms with van der Waals surface area (Å²) in [7, 11) is 0. The molecule has 0 aliphatic heterocycles. The van der Waals surface area contributed by atoms with Crippen molar-refractivity contribution in [3.05, 3.63) is 22.8 Å². The molecule has 0 fully saturated rings. The van der Waals surface area contributed by atoms with Gasteiger partial charge >= 0.3 is 6.09 Å². The zero-order valence-electron chi connectivity index (χ0n) is 12.6. The van der Waals surface area contributed by atoms with E-state index in [2.05, 4.69) is 22.5 Å². The van der Waals surface area contributed by atoms with E-state index in [1.54, 1.807) is 0 Å². The molecule has 0 aromatic carbocycles. The average molecular weight is 320 g/mol. The van der Waals surface area contributed by atoms with Gasteiger partial charge < -0.3 is 4.74 Å². The smallest absolute Gasteiger partial charge is 0.414 e. The molecule has 0 rings (SSSR count). The van der Waals surface area contributed by atoms with Gasteiger partial charge in [0.05, 0.1) is 5.70 Å². The normalized spacial score (nSPS) is 11.2. The summed E-state index contributed by atoms with van der Waals surface area (Å²) in [6, 6.07) is 0. The Labute approximate surface area is 120 Å². The Hall–Kier alpha value is -0.770. The zero-order valence-corrected chi connectivity index (χ0v) is 14.2. The lowest BCUT2D eigenvalue weighted by atomic mass is 10.2. The predicted molar refractivity (Wildman–Crippen MR) is 81.8 cm³/mol. The summed E-state index contributed by atoms with van der Waals surface area (Å²) in [5.74, 6) is 0. The molecule has 18 heavy (non-hydrogen) atoms. The maximum Gasteiger partial charge on any atom is 0.414 e. The third kappa shape index (κ3) is 7.54. The molecule has 0 aromatic heterocycles. The van der Waals surface area contributed by atoms with Crippen LogP contribution in [0.3, 0.4) is 0 Å². The molecule has 0 spiro atoms. The monoisotopic (exact) mass is 319 g/mol. The fraction of sp³-hybridized carbons (Fsp3) is 0.643. The largest absolute Gasteiger partial charge is 0.443 e. The molecule has 3 nitrogen and oxygen atoms in total. The molecule has 0 saturated carbocycles. The summed E-state index contributed by atoms with van der Waals surface area (Å²) in [6.45, 7) is 17.7. The van der Waals surface area contributed by atoms with Gasteiger partial charge in [-0.3, -0.25) is 4.90 Å². The van der Waals surface area contributed by atoms with Crippen LogP contribution in [0, 0.1) is 0 Å². The fourth-order valence-electron chi connectivity index (χ4n) is 1.04. The minimum Gasteiger partial charge on any atom is -0.443 e. The summed E-state index contributed by atoms with van der Waals surface area (Å²) in [5, 5.41) is 0. The molecule has 0 bridgehead atoms. The van der Waals surface area contributed by atoms with Crippen molar-refractivity contribution in [3.63, 3.8) is 0 Å². The maximum atomic E-state index is 11.8. The van der Waals surface area contributed by atoms with Crippen LogP contribution in [0.4, 0.5) is 4.79 Å². The first-order valence-electron chi connectivity index (χ1n) is 6.24. The van der Waals surface area contributed by atoms with Crippen LogP contribution in [-0.2, 0) is 4.74 Å². The van der Waals surface area contributed by atoms with Crippen molar-refractivity contribution in [1.82, 2.24) is 4.90 Å². The lowest BCUT2D eigenvalue weighted by Gasteiger charge is -2.27. The summed E-state index contributed by atoms with van der Waals surface area (Å²) in [4.78, 5) is 13.3. The second-order valence-corrected chi connectivity index (χ2v) is 5.16. The number of hydrogen-bond acceptors (Lipinski definition) is 2. The van der Waals surface area contributed by atoms with E-state index in [0.717, 1.165) is 4.48 Å². The van der Waals surface area contributed by atoms with Crippen molar-refractivity contribution in [2.45, 2.75) is 54.1 Å². The van der Waals surface area contributed by atoms with E-state index in [0.29, 0.717) is 12.2 Å². The van der Waals surface area contributed by atoms with E-state index in [1.165, 1.54) is 4.90 Å². The van der Waals surface area contributed by atoms with Crippen molar-refractivity contribution in [1.29, 1.82) is 0 Å². The first-order chi connectivity index (χ1) is 8.22. The molecule has 4 heteroatoms. The van der Waals surface area contributed by atoms with Gasteiger partial charge in [0.15, 0.2) is 0 Å². The third-order valence-electron chi connectivity index (χ3n) is 1.79. The van der Waals surface area contributed by atoms with Crippen LogP contribution in [-0.4, -0.2) is 23.1 Å². The number of hydrogen-bond donors (Lipinski definition) is 0. The molecule has 0 saturated heterocycles. The molecule has 0 unspecified atom stereocenters. The van der Waals surface area contributed by atoms with Gasteiger partial charge in [0.2, 0.25) is 0 Å². The standard InChI is InChI=1S/C12H20BrNO2.C2H6/c1-7-10(13)9(3)14(8-2)11(15)16-12(4,5)6;1-2/h7H,3,8H2,1-2,4-6H3;1-2H3/b10-7+;. The van der Waals surface area contributed by atoms with Gasteiger partial charge in [0, 0.05) is 11.0 Å². The van der Waals surface area contributed by atoms with Crippen LogP contribution < -0.4 is 0 Å². The van der Waals surface area contributed by atoms with Crippen molar-refractivity contribution >= 4 is 22.0 Å². The summed E-state index contributed by atoms with van der Waals surface area (Å²) < 4.78 is 6.08. The van der Waals surface area contributed by atoms with Crippen molar-refractivity contribution in [2.24, 2.45) is 0 Å². The Morgan fingerprint density at radius 3 is 2.11 bits per heavy atom. The SMILES string of the molecule is C=C(/C(Br)=C\C)N(CC)C(=O)OC(C)(C)C.CC. The maximum absolute atomic E-state index is 11.8. The molecule has 0 heterocycles. The van der Waals surface area contributed by atoms with Gasteiger partial charge in [-0.25, -0.2) is 4.79 Å². The molecule has 0 radical (unpaired) electrons. The van der Waals surface area contributed by atoms with Crippen LogP contribution >= 0.6 is 15.9 Å². The van der Waals surface area contributed by atoms with Crippen LogP contribution in [0.5, 0.6) is 0 Å². The first kappa shape index (κ1) is 19.6. The van der Waals surface area contributed by atoms with Gasteiger partial charge in [-0.15, -0.1) is 0 Å². The molecule has 1 amide bonds. The highest BCUT2D eigenvalue weighted by Crippen LogP contribution is 2.21. The molecular weight excluding hydrogens is 294 g/mol. The fourth-order valence-corrected chi connectivity index (χ4v) is 1.26. The van der Waals surface area contributed by atoms with E-state index in [4.69, 9.17) is 4.74 Å². The highest BCUT2D eigenvalue weighted by atomic mass is 79.9. The lowest BCUT2D eigenvalue weighted by Crippen LogP contribution is -2.36. The third-order valence-corrected chi connectivity index (χ3v) is 2.70. The Kier molecular flexibility index (Phi) is 10.00. The van der Waals surface area contributed by atoms with Crippen LogP contribution in [0.25, 0.3) is 0 Å². The molecule has 0 aliphatic carbocycles. The molecule has 0 atom stereocenters. The number of rotatable bonds is 3. The minimum atomic E-state index is -0.493. The first-order valence-corrected chi connectivity index (χ1v) is 7.03. The van der Waals surface area contributed by atoms with Crippen LogP contribution in [0.15, 0.2) is 22.8 Å². The highest BCUT2D eigenvalue weighted by molar-refractivity contribution is 9.11. The second-order valence-electron chi connectivity index (χ2n) is 4.31. The molecule has 0 aliphatic rings. The number of carbonyl (C=O) groups is 1. The number of carbonyl (C=O) groups excluding carboxylic acids is 1. The molecular formula is C14H26BrNO2. The van der Waals surface area contributed by atoms with E-state index in [9.17, 15) is 4.79 Å². The summed E-state index contributed by atoms with van der Waals surface area (Å²) in [6.07, 6.45) is 1.47. The van der Waals surface area contributed by atoms with Gasteiger partial charge in [0.25, 0.3) is 0 Å². The van der Waals surface area contributed by atoms with Crippen molar-refractivity contribution < 1.29 is 9.53 Å². The molecule has 0 N–H and O–H groups in total. The Bertz CT molecular complexity index is 303. The van der Waals surface area contributed by atoms with Gasteiger partial charge in [-0.05, 0) is 50.5 Å². The lowest BCUT2D eigenvalue weighted by molar-refractivity contribution is 0.0328. The van der Waals surface area contributed by atoms with E-state index >= 15 is 0 Å². The van der Waals surface area contributed by atoms with Gasteiger partial charge in [0.1, 0.15) is 5.60 Å². The number of ether oxygens (including phenoxy) is 1. The Morgan fingerprint density at radius 1 is 1.39 bits per heavy atom. The van der Waals surface area contributed by atoms with Gasteiger partial charge in [-0.1, -0.05) is 26.5 Å². The second kappa shape index (κ2) is 9.20. The van der Waals surface area contributed by atoms with Gasteiger partial charge in [-0.2, -0.15) is 0 Å². The molecule has 0 aromatic rings. The quantitative estimate of drug-likeness (QED) is 0.679. The van der Waals surface area contributed by atoms with Crippen molar-refractivity contribution in [2.75, 3.05) is 6.54 Å². The van der Waals surface area contributed by atoms with E-state index < -0.39 is 5.60 Å². The van der Waals surface area contributed by atoms with Crippen molar-refractivity contribution in [3.8, 4) is 0 Å². The number of halogens is 1. The molecule has 106 valence electrons.